The number of nitrogens with one attached hydrogen (secondary N) is 1. The minimum Gasteiger partial charge on any atom is -0.360 e. The Morgan fingerprint density at radius 2 is 2.10 bits per heavy atom. The fourth-order valence-electron chi connectivity index (χ4n) is 2.08. The molecule has 0 aliphatic carbocycles. The van der Waals surface area contributed by atoms with Crippen molar-refractivity contribution in [3.63, 3.8) is 0 Å². The molecule has 0 unspecified atom stereocenters. The number of nitrogens with zero attached hydrogens (tertiary/aromatic N) is 4. The normalized spacial score (nSPS) is 10.9. The standard InChI is InChI=1S/C14H19N5O2/c1-9(2)18-14(13(19(20)21)11(4)17-18)16-8-12-6-5-10(3)15-7-12/h5-7,9,16H,8H2,1-4H3. The molecule has 2 heterocycles. The zero-order valence-corrected chi connectivity index (χ0v) is 12.6. The molecule has 0 bridgehead atoms. The summed E-state index contributed by atoms with van der Waals surface area (Å²) in [4.78, 5) is 15.1. The largest absolute Gasteiger partial charge is 0.360 e. The van der Waals surface area contributed by atoms with Crippen molar-refractivity contribution in [3.8, 4) is 0 Å². The number of aryl methyl sites for hydroxylation is 2. The van der Waals surface area contributed by atoms with Crippen LogP contribution in [0.25, 0.3) is 0 Å². The smallest absolute Gasteiger partial charge is 0.333 e. The number of nitro groups is 1. The maximum Gasteiger partial charge on any atom is 0.333 e. The Morgan fingerprint density at radius 1 is 1.38 bits per heavy atom. The first-order valence-electron chi connectivity index (χ1n) is 6.79. The Hall–Kier alpha value is -2.44. The number of anilines is 1. The Kier molecular flexibility index (Phi) is 4.21. The second-order valence-corrected chi connectivity index (χ2v) is 5.24. The third-order valence-electron chi connectivity index (χ3n) is 3.16. The summed E-state index contributed by atoms with van der Waals surface area (Å²) in [6, 6.07) is 3.90. The average Bonchev–Trinajstić information content (AvgIpc) is 2.75. The van der Waals surface area contributed by atoms with Crippen molar-refractivity contribution in [1.29, 1.82) is 0 Å². The summed E-state index contributed by atoms with van der Waals surface area (Å²) in [6.45, 7) is 7.91. The maximum absolute atomic E-state index is 11.2. The number of hydrogen-bond donors (Lipinski definition) is 1. The summed E-state index contributed by atoms with van der Waals surface area (Å²) >= 11 is 0. The number of aromatic nitrogens is 3. The molecule has 21 heavy (non-hydrogen) atoms. The van der Waals surface area contributed by atoms with Crippen LogP contribution in [-0.2, 0) is 6.54 Å². The topological polar surface area (TPSA) is 85.9 Å². The number of pyridine rings is 1. The third-order valence-corrected chi connectivity index (χ3v) is 3.16. The summed E-state index contributed by atoms with van der Waals surface area (Å²) in [7, 11) is 0. The molecule has 1 N–H and O–H groups in total. The van der Waals surface area contributed by atoms with Gasteiger partial charge in [-0.3, -0.25) is 15.1 Å². The Labute approximate surface area is 123 Å². The van der Waals surface area contributed by atoms with E-state index in [1.807, 2.05) is 32.9 Å². The van der Waals surface area contributed by atoms with Crippen LogP contribution < -0.4 is 5.32 Å². The molecular formula is C14H19N5O2. The van der Waals surface area contributed by atoms with Crippen LogP contribution in [-0.4, -0.2) is 19.7 Å². The van der Waals surface area contributed by atoms with Crippen LogP contribution in [0.2, 0.25) is 0 Å². The molecule has 7 heteroatoms. The average molecular weight is 289 g/mol. The molecule has 0 spiro atoms. The van der Waals surface area contributed by atoms with E-state index >= 15 is 0 Å². The van der Waals surface area contributed by atoms with Crippen molar-refractivity contribution in [3.05, 3.63) is 45.4 Å². The van der Waals surface area contributed by atoms with Crippen molar-refractivity contribution in [2.24, 2.45) is 0 Å². The van der Waals surface area contributed by atoms with Gasteiger partial charge in [-0.2, -0.15) is 5.10 Å². The molecule has 0 aromatic carbocycles. The molecule has 2 aromatic heterocycles. The van der Waals surface area contributed by atoms with E-state index in [0.717, 1.165) is 11.3 Å². The van der Waals surface area contributed by atoms with Gasteiger partial charge in [-0.25, -0.2) is 4.68 Å². The van der Waals surface area contributed by atoms with Crippen LogP contribution >= 0.6 is 0 Å². The highest BCUT2D eigenvalue weighted by atomic mass is 16.6. The molecule has 7 nitrogen and oxygen atoms in total. The lowest BCUT2D eigenvalue weighted by atomic mass is 10.2. The predicted molar refractivity (Wildman–Crippen MR) is 80.3 cm³/mol. The van der Waals surface area contributed by atoms with Crippen molar-refractivity contribution in [2.45, 2.75) is 40.3 Å². The van der Waals surface area contributed by atoms with Gasteiger partial charge < -0.3 is 5.32 Å². The first-order valence-corrected chi connectivity index (χ1v) is 6.79. The molecule has 112 valence electrons. The van der Waals surface area contributed by atoms with Gasteiger partial charge in [0.15, 0.2) is 0 Å². The van der Waals surface area contributed by atoms with Gasteiger partial charge in [0.05, 0.1) is 4.92 Å². The molecule has 0 radical (unpaired) electrons. The lowest BCUT2D eigenvalue weighted by Gasteiger charge is -2.12. The lowest BCUT2D eigenvalue weighted by molar-refractivity contribution is -0.384. The summed E-state index contributed by atoms with van der Waals surface area (Å²) in [6.07, 6.45) is 1.76. The molecule has 0 aliphatic heterocycles. The van der Waals surface area contributed by atoms with Crippen molar-refractivity contribution < 1.29 is 4.92 Å². The van der Waals surface area contributed by atoms with Gasteiger partial charge in [0.2, 0.25) is 5.82 Å². The number of hydrogen-bond acceptors (Lipinski definition) is 5. The fraction of sp³-hybridized carbons (Fsp3) is 0.429. The SMILES string of the molecule is Cc1ccc(CNc2c([N+](=O)[O-])c(C)nn2C(C)C)cn1. The van der Waals surface area contributed by atoms with Crippen LogP contribution in [0.5, 0.6) is 0 Å². The van der Waals surface area contributed by atoms with Crippen molar-refractivity contribution in [1.82, 2.24) is 14.8 Å². The zero-order valence-electron chi connectivity index (χ0n) is 12.6. The van der Waals surface area contributed by atoms with E-state index in [4.69, 9.17) is 0 Å². The molecule has 0 amide bonds. The van der Waals surface area contributed by atoms with E-state index in [-0.39, 0.29) is 11.7 Å². The molecule has 0 saturated heterocycles. The first kappa shape index (κ1) is 15.0. The van der Waals surface area contributed by atoms with Crippen LogP contribution in [0, 0.1) is 24.0 Å². The minimum atomic E-state index is -0.392. The van der Waals surface area contributed by atoms with E-state index in [1.54, 1.807) is 17.8 Å². The summed E-state index contributed by atoms with van der Waals surface area (Å²) in [5.41, 5.74) is 2.35. The molecular weight excluding hydrogens is 270 g/mol. The molecule has 0 aliphatic rings. The molecule has 2 rings (SSSR count). The highest BCUT2D eigenvalue weighted by Crippen LogP contribution is 2.30. The van der Waals surface area contributed by atoms with Gasteiger partial charge in [-0.15, -0.1) is 0 Å². The zero-order chi connectivity index (χ0) is 15.6. The van der Waals surface area contributed by atoms with E-state index in [9.17, 15) is 10.1 Å². The Morgan fingerprint density at radius 3 is 2.62 bits per heavy atom. The van der Waals surface area contributed by atoms with Gasteiger partial charge in [-0.05, 0) is 39.3 Å². The summed E-state index contributed by atoms with van der Waals surface area (Å²) in [5, 5.41) is 18.6. The summed E-state index contributed by atoms with van der Waals surface area (Å²) < 4.78 is 1.65. The van der Waals surface area contributed by atoms with Crippen LogP contribution in [0.4, 0.5) is 11.5 Å². The Bertz CT molecular complexity index is 646. The monoisotopic (exact) mass is 289 g/mol. The van der Waals surface area contributed by atoms with E-state index in [0.29, 0.717) is 18.1 Å². The van der Waals surface area contributed by atoms with E-state index in [2.05, 4.69) is 15.4 Å². The Balaban J connectivity index is 2.29. The predicted octanol–water partition coefficient (Wildman–Crippen LogP) is 3.00. The maximum atomic E-state index is 11.2. The van der Waals surface area contributed by atoms with Gasteiger partial charge >= 0.3 is 5.69 Å². The quantitative estimate of drug-likeness (QED) is 0.675. The van der Waals surface area contributed by atoms with Crippen LogP contribution in [0.15, 0.2) is 18.3 Å². The van der Waals surface area contributed by atoms with Gasteiger partial charge in [0.1, 0.15) is 5.69 Å². The first-order chi connectivity index (χ1) is 9.90. The van der Waals surface area contributed by atoms with Crippen molar-refractivity contribution >= 4 is 11.5 Å². The van der Waals surface area contributed by atoms with Crippen molar-refractivity contribution in [2.75, 3.05) is 5.32 Å². The van der Waals surface area contributed by atoms with Crippen LogP contribution in [0.1, 0.15) is 36.8 Å². The second kappa shape index (κ2) is 5.90. The highest BCUT2D eigenvalue weighted by Gasteiger charge is 2.26. The van der Waals surface area contributed by atoms with Crippen LogP contribution in [0.3, 0.4) is 0 Å². The molecule has 0 saturated carbocycles. The van der Waals surface area contributed by atoms with Gasteiger partial charge in [-0.1, -0.05) is 6.07 Å². The van der Waals surface area contributed by atoms with E-state index in [1.165, 1.54) is 0 Å². The molecule has 0 fully saturated rings. The molecule has 2 aromatic rings. The third kappa shape index (κ3) is 3.18. The lowest BCUT2D eigenvalue weighted by Crippen LogP contribution is -2.11. The molecule has 0 atom stereocenters. The highest BCUT2D eigenvalue weighted by molar-refractivity contribution is 5.59. The van der Waals surface area contributed by atoms with Gasteiger partial charge in [0.25, 0.3) is 0 Å². The number of rotatable bonds is 5. The van der Waals surface area contributed by atoms with Gasteiger partial charge in [0, 0.05) is 24.5 Å². The minimum absolute atomic E-state index is 0.0313. The van der Waals surface area contributed by atoms with E-state index < -0.39 is 4.92 Å². The summed E-state index contributed by atoms with van der Waals surface area (Å²) in [5.74, 6) is 0.438. The second-order valence-electron chi connectivity index (χ2n) is 5.24. The fourth-order valence-corrected chi connectivity index (χ4v) is 2.08.